The summed E-state index contributed by atoms with van der Waals surface area (Å²) in [6, 6.07) is 10.9. The third kappa shape index (κ3) is 3.74. The third-order valence-electron chi connectivity index (χ3n) is 4.52. The van der Waals surface area contributed by atoms with E-state index >= 15 is 0 Å². The SMILES string of the molecule is Cc1nn(-c2ccc(C(=O)NCc3cccnc3-n3cncn3)cc2)c(C)c1Cl. The van der Waals surface area contributed by atoms with Crippen LogP contribution >= 0.6 is 11.6 Å². The minimum Gasteiger partial charge on any atom is -0.348 e. The van der Waals surface area contributed by atoms with Gasteiger partial charge in [0.25, 0.3) is 5.91 Å². The summed E-state index contributed by atoms with van der Waals surface area (Å²) in [4.78, 5) is 20.8. The summed E-state index contributed by atoms with van der Waals surface area (Å²) in [5.41, 5.74) is 3.85. The number of benzene rings is 1. The zero-order chi connectivity index (χ0) is 20.4. The van der Waals surface area contributed by atoms with Gasteiger partial charge in [0.15, 0.2) is 5.82 Å². The minimum atomic E-state index is -0.184. The van der Waals surface area contributed by atoms with Gasteiger partial charge in [-0.3, -0.25) is 4.79 Å². The summed E-state index contributed by atoms with van der Waals surface area (Å²) in [5, 5.41) is 12.1. The van der Waals surface area contributed by atoms with Gasteiger partial charge in [-0.2, -0.15) is 10.2 Å². The first-order chi connectivity index (χ1) is 14.0. The molecule has 4 rings (SSSR count). The lowest BCUT2D eigenvalue weighted by molar-refractivity contribution is 0.0951. The van der Waals surface area contributed by atoms with E-state index in [1.54, 1.807) is 34.0 Å². The molecule has 29 heavy (non-hydrogen) atoms. The van der Waals surface area contributed by atoms with Gasteiger partial charge in [-0.25, -0.2) is 19.3 Å². The predicted octanol–water partition coefficient (Wildman–Crippen LogP) is 3.05. The van der Waals surface area contributed by atoms with Crippen molar-refractivity contribution in [3.05, 3.63) is 82.8 Å². The molecule has 9 heteroatoms. The number of halogens is 1. The number of carbonyl (C=O) groups is 1. The van der Waals surface area contributed by atoms with Crippen molar-refractivity contribution in [3.63, 3.8) is 0 Å². The molecule has 1 N–H and O–H groups in total. The second kappa shape index (κ2) is 7.84. The maximum Gasteiger partial charge on any atom is 0.251 e. The highest BCUT2D eigenvalue weighted by Gasteiger charge is 2.13. The van der Waals surface area contributed by atoms with E-state index in [1.165, 1.54) is 6.33 Å². The van der Waals surface area contributed by atoms with Gasteiger partial charge >= 0.3 is 0 Å². The maximum absolute atomic E-state index is 12.6. The number of nitrogens with one attached hydrogen (secondary N) is 1. The molecule has 0 aliphatic carbocycles. The standard InChI is InChI=1S/C20H18ClN7O/c1-13-18(21)14(2)28(26-13)17-7-5-15(6-8-17)20(29)24-10-16-4-3-9-23-19(16)27-12-22-11-25-27/h3-9,11-12H,10H2,1-2H3,(H,24,29). The first kappa shape index (κ1) is 18.8. The van der Waals surface area contributed by atoms with Crippen LogP contribution in [0.1, 0.15) is 27.3 Å². The summed E-state index contributed by atoms with van der Waals surface area (Å²) in [6.45, 7) is 4.08. The van der Waals surface area contributed by atoms with Crippen molar-refractivity contribution in [1.82, 2.24) is 34.8 Å². The Bertz CT molecular complexity index is 1150. The number of hydrogen-bond acceptors (Lipinski definition) is 5. The first-order valence-corrected chi connectivity index (χ1v) is 9.31. The monoisotopic (exact) mass is 407 g/mol. The highest BCUT2D eigenvalue weighted by atomic mass is 35.5. The normalized spacial score (nSPS) is 10.9. The number of aromatic nitrogens is 6. The molecule has 0 bridgehead atoms. The number of hydrogen-bond donors (Lipinski definition) is 1. The smallest absolute Gasteiger partial charge is 0.251 e. The van der Waals surface area contributed by atoms with E-state index in [-0.39, 0.29) is 5.91 Å². The van der Waals surface area contributed by atoms with Crippen molar-refractivity contribution < 1.29 is 4.79 Å². The Morgan fingerprint density at radius 3 is 2.62 bits per heavy atom. The number of nitrogens with zero attached hydrogens (tertiary/aromatic N) is 6. The van der Waals surface area contributed by atoms with Crippen molar-refractivity contribution in [3.8, 4) is 11.5 Å². The van der Waals surface area contributed by atoms with E-state index in [0.29, 0.717) is 22.9 Å². The van der Waals surface area contributed by atoms with Crippen molar-refractivity contribution in [2.75, 3.05) is 0 Å². The van der Waals surface area contributed by atoms with Crippen molar-refractivity contribution in [1.29, 1.82) is 0 Å². The van der Waals surface area contributed by atoms with Crippen molar-refractivity contribution in [2.24, 2.45) is 0 Å². The number of aryl methyl sites for hydroxylation is 1. The average molecular weight is 408 g/mol. The molecule has 8 nitrogen and oxygen atoms in total. The maximum atomic E-state index is 12.6. The van der Waals surface area contributed by atoms with E-state index < -0.39 is 0 Å². The predicted molar refractivity (Wildman–Crippen MR) is 108 cm³/mol. The summed E-state index contributed by atoms with van der Waals surface area (Å²) in [7, 11) is 0. The molecule has 0 radical (unpaired) electrons. The summed E-state index contributed by atoms with van der Waals surface area (Å²) in [5.74, 6) is 0.443. The Morgan fingerprint density at radius 2 is 1.97 bits per heavy atom. The van der Waals surface area contributed by atoms with Crippen LogP contribution in [0.5, 0.6) is 0 Å². The molecule has 146 valence electrons. The number of rotatable bonds is 5. The van der Waals surface area contributed by atoms with Gasteiger partial charge in [0.05, 0.1) is 22.1 Å². The molecule has 0 aliphatic rings. The van der Waals surface area contributed by atoms with Crippen molar-refractivity contribution in [2.45, 2.75) is 20.4 Å². The molecule has 3 aromatic heterocycles. The molecule has 0 aliphatic heterocycles. The molecular weight excluding hydrogens is 390 g/mol. The van der Waals surface area contributed by atoms with Crippen LogP contribution in [-0.4, -0.2) is 35.4 Å². The lowest BCUT2D eigenvalue weighted by Gasteiger charge is -2.10. The Kier molecular flexibility index (Phi) is 5.09. The summed E-state index contributed by atoms with van der Waals surface area (Å²) in [6.07, 6.45) is 4.68. The fourth-order valence-electron chi connectivity index (χ4n) is 3.00. The highest BCUT2D eigenvalue weighted by Crippen LogP contribution is 2.22. The molecule has 4 aromatic rings. The lowest BCUT2D eigenvalue weighted by atomic mass is 10.2. The van der Waals surface area contributed by atoms with Crippen LogP contribution in [0.3, 0.4) is 0 Å². The molecule has 3 heterocycles. The van der Waals surface area contributed by atoms with E-state index in [9.17, 15) is 4.79 Å². The van der Waals surface area contributed by atoms with E-state index in [1.807, 2.05) is 38.1 Å². The van der Waals surface area contributed by atoms with Crippen molar-refractivity contribution >= 4 is 17.5 Å². The quantitative estimate of drug-likeness (QED) is 0.549. The Balaban J connectivity index is 1.48. The number of carbonyl (C=O) groups excluding carboxylic acids is 1. The molecule has 0 spiro atoms. The van der Waals surface area contributed by atoms with Gasteiger partial charge in [0, 0.05) is 23.9 Å². The zero-order valence-corrected chi connectivity index (χ0v) is 16.6. The van der Waals surface area contributed by atoms with Gasteiger partial charge < -0.3 is 5.32 Å². The van der Waals surface area contributed by atoms with Gasteiger partial charge in [-0.05, 0) is 44.2 Å². The van der Waals surface area contributed by atoms with Crippen LogP contribution < -0.4 is 5.32 Å². The second-order valence-electron chi connectivity index (χ2n) is 6.45. The van der Waals surface area contributed by atoms with Crippen LogP contribution in [0.2, 0.25) is 5.02 Å². The molecule has 1 aromatic carbocycles. The minimum absolute atomic E-state index is 0.184. The zero-order valence-electron chi connectivity index (χ0n) is 15.9. The first-order valence-electron chi connectivity index (χ1n) is 8.94. The van der Waals surface area contributed by atoms with E-state index in [2.05, 4.69) is 25.5 Å². The number of pyridine rings is 1. The molecule has 0 unspecified atom stereocenters. The molecule has 0 saturated carbocycles. The topological polar surface area (TPSA) is 90.5 Å². The Morgan fingerprint density at radius 1 is 1.17 bits per heavy atom. The van der Waals surface area contributed by atoms with Crippen LogP contribution in [-0.2, 0) is 6.54 Å². The van der Waals surface area contributed by atoms with Gasteiger partial charge in [0.2, 0.25) is 0 Å². The average Bonchev–Trinajstić information content (AvgIpc) is 3.37. The summed E-state index contributed by atoms with van der Waals surface area (Å²) < 4.78 is 3.33. The van der Waals surface area contributed by atoms with E-state index in [4.69, 9.17) is 11.6 Å². The second-order valence-corrected chi connectivity index (χ2v) is 6.83. The summed E-state index contributed by atoms with van der Waals surface area (Å²) >= 11 is 6.22. The molecule has 0 saturated heterocycles. The molecule has 1 amide bonds. The lowest BCUT2D eigenvalue weighted by Crippen LogP contribution is -2.23. The van der Waals surface area contributed by atoms with Crippen LogP contribution in [0.15, 0.2) is 55.2 Å². The Hall–Kier alpha value is -3.52. The molecule has 0 fully saturated rings. The molecular formula is C20H18ClN7O. The van der Waals surface area contributed by atoms with E-state index in [0.717, 1.165) is 22.6 Å². The highest BCUT2D eigenvalue weighted by molar-refractivity contribution is 6.31. The number of amides is 1. The largest absolute Gasteiger partial charge is 0.348 e. The van der Waals surface area contributed by atoms with Gasteiger partial charge in [-0.15, -0.1) is 0 Å². The molecule has 0 atom stereocenters. The fraction of sp³-hybridized carbons (Fsp3) is 0.150. The third-order valence-corrected chi connectivity index (χ3v) is 5.07. The van der Waals surface area contributed by atoms with Gasteiger partial charge in [-0.1, -0.05) is 17.7 Å². The van der Waals surface area contributed by atoms with Crippen LogP contribution in [0, 0.1) is 13.8 Å². The fourth-order valence-corrected chi connectivity index (χ4v) is 3.12. The van der Waals surface area contributed by atoms with Gasteiger partial charge in [0.1, 0.15) is 12.7 Å². The van der Waals surface area contributed by atoms with Crippen LogP contribution in [0.4, 0.5) is 0 Å². The van der Waals surface area contributed by atoms with Crippen LogP contribution in [0.25, 0.3) is 11.5 Å². The Labute approximate surface area is 172 Å².